The highest BCUT2D eigenvalue weighted by Crippen LogP contribution is 2.34. The molecule has 0 bridgehead atoms. The second-order valence-electron chi connectivity index (χ2n) is 8.07. The van der Waals surface area contributed by atoms with Gasteiger partial charge in [0, 0.05) is 18.4 Å². The van der Waals surface area contributed by atoms with Crippen molar-refractivity contribution < 1.29 is 18.8 Å². The van der Waals surface area contributed by atoms with E-state index in [9.17, 15) is 14.4 Å². The minimum Gasteiger partial charge on any atom is -0.467 e. The molecule has 1 aliphatic heterocycles. The Balaban J connectivity index is 1.56. The number of carbonyl (C=O) groups is 3. The topological polar surface area (TPSA) is 83.7 Å². The SMILES string of the molecule is Cc1cc(C)c2sc(N(Cc3ccco3)C(=O)c3cccc(N4C(=O)CCC4=O)c3)nc2c1. The van der Waals surface area contributed by atoms with E-state index < -0.39 is 0 Å². The van der Waals surface area contributed by atoms with Gasteiger partial charge in [0.1, 0.15) is 5.76 Å². The third kappa shape index (κ3) is 3.93. The summed E-state index contributed by atoms with van der Waals surface area (Å²) in [4.78, 5) is 45.5. The fourth-order valence-electron chi connectivity index (χ4n) is 4.06. The van der Waals surface area contributed by atoms with E-state index in [0.29, 0.717) is 22.1 Å². The number of fused-ring (bicyclic) bond motifs is 1. The molecule has 5 rings (SSSR count). The van der Waals surface area contributed by atoms with Crippen molar-refractivity contribution in [1.82, 2.24) is 4.98 Å². The van der Waals surface area contributed by atoms with E-state index in [1.165, 1.54) is 11.3 Å². The zero-order chi connectivity index (χ0) is 23.1. The summed E-state index contributed by atoms with van der Waals surface area (Å²) in [6.07, 6.45) is 1.94. The summed E-state index contributed by atoms with van der Waals surface area (Å²) < 4.78 is 6.53. The minimum absolute atomic E-state index is 0.187. The maximum Gasteiger partial charge on any atom is 0.260 e. The van der Waals surface area contributed by atoms with Crippen LogP contribution >= 0.6 is 11.3 Å². The number of aromatic nitrogens is 1. The van der Waals surface area contributed by atoms with Crippen molar-refractivity contribution >= 4 is 50.1 Å². The van der Waals surface area contributed by atoms with Gasteiger partial charge in [-0.1, -0.05) is 23.5 Å². The molecule has 8 heteroatoms. The van der Waals surface area contributed by atoms with Crippen LogP contribution in [0, 0.1) is 13.8 Å². The molecule has 0 saturated carbocycles. The fraction of sp³-hybridized carbons (Fsp3) is 0.200. The van der Waals surface area contributed by atoms with E-state index in [2.05, 4.69) is 6.07 Å². The first-order valence-corrected chi connectivity index (χ1v) is 11.4. The maximum absolute atomic E-state index is 13.7. The van der Waals surface area contributed by atoms with Crippen molar-refractivity contribution in [1.29, 1.82) is 0 Å². The molecule has 0 N–H and O–H groups in total. The van der Waals surface area contributed by atoms with Gasteiger partial charge in [0.25, 0.3) is 5.91 Å². The van der Waals surface area contributed by atoms with E-state index >= 15 is 0 Å². The van der Waals surface area contributed by atoms with Gasteiger partial charge < -0.3 is 4.42 Å². The fourth-order valence-corrected chi connectivity index (χ4v) is 5.08. The van der Waals surface area contributed by atoms with Crippen LogP contribution in [0.5, 0.6) is 0 Å². The summed E-state index contributed by atoms with van der Waals surface area (Å²) in [5, 5.41) is 0.554. The molecule has 0 radical (unpaired) electrons. The summed E-state index contributed by atoms with van der Waals surface area (Å²) in [5.74, 6) is -0.180. The van der Waals surface area contributed by atoms with Crippen molar-refractivity contribution in [3.63, 3.8) is 0 Å². The Morgan fingerprint density at radius 1 is 1.09 bits per heavy atom. The molecule has 1 saturated heterocycles. The highest BCUT2D eigenvalue weighted by atomic mass is 32.1. The standard InChI is InChI=1S/C25H21N3O4S/c1-15-11-16(2)23-20(12-15)26-25(33-23)27(14-19-7-4-10-32-19)24(31)17-5-3-6-18(13-17)28-21(29)8-9-22(28)30/h3-7,10-13H,8-9,14H2,1-2H3. The largest absolute Gasteiger partial charge is 0.467 e. The first-order chi connectivity index (χ1) is 15.9. The smallest absolute Gasteiger partial charge is 0.260 e. The van der Waals surface area contributed by atoms with E-state index in [1.807, 2.05) is 19.9 Å². The van der Waals surface area contributed by atoms with Gasteiger partial charge in [0.15, 0.2) is 5.13 Å². The lowest BCUT2D eigenvalue weighted by Crippen LogP contribution is -2.31. The van der Waals surface area contributed by atoms with Gasteiger partial charge in [-0.15, -0.1) is 0 Å². The molecule has 3 heterocycles. The number of hydrogen-bond acceptors (Lipinski definition) is 6. The third-order valence-electron chi connectivity index (χ3n) is 5.58. The molecular weight excluding hydrogens is 438 g/mol. The third-order valence-corrected chi connectivity index (χ3v) is 6.81. The first-order valence-electron chi connectivity index (χ1n) is 10.6. The number of imide groups is 1. The number of anilines is 2. The minimum atomic E-state index is -0.291. The average Bonchev–Trinajstić information content (AvgIpc) is 3.52. The number of benzene rings is 2. The predicted octanol–water partition coefficient (Wildman–Crippen LogP) is 5.01. The second kappa shape index (κ2) is 8.29. The Labute approximate surface area is 194 Å². The number of thiazole rings is 1. The Morgan fingerprint density at radius 3 is 2.61 bits per heavy atom. The lowest BCUT2D eigenvalue weighted by Gasteiger charge is -2.20. The molecule has 166 valence electrons. The first kappa shape index (κ1) is 21.1. The van der Waals surface area contributed by atoms with Crippen LogP contribution in [0.4, 0.5) is 10.8 Å². The molecule has 0 aliphatic carbocycles. The van der Waals surface area contributed by atoms with Gasteiger partial charge in [0.2, 0.25) is 11.8 Å². The van der Waals surface area contributed by atoms with E-state index in [0.717, 1.165) is 26.2 Å². The molecule has 4 aromatic rings. The van der Waals surface area contributed by atoms with Gasteiger partial charge in [-0.3, -0.25) is 24.2 Å². The van der Waals surface area contributed by atoms with Crippen LogP contribution < -0.4 is 9.80 Å². The zero-order valence-electron chi connectivity index (χ0n) is 18.2. The number of aryl methyl sites for hydroxylation is 2. The van der Waals surface area contributed by atoms with Crippen LogP contribution in [0.2, 0.25) is 0 Å². The van der Waals surface area contributed by atoms with Gasteiger partial charge in [-0.05, 0) is 61.4 Å². The Kier molecular flexibility index (Phi) is 5.30. The Hall–Kier alpha value is -3.78. The van der Waals surface area contributed by atoms with Crippen molar-refractivity contribution in [3.05, 3.63) is 77.2 Å². The van der Waals surface area contributed by atoms with Gasteiger partial charge in [0.05, 0.1) is 28.7 Å². The molecule has 33 heavy (non-hydrogen) atoms. The molecule has 0 unspecified atom stereocenters. The van der Waals surface area contributed by atoms with Crippen LogP contribution in [-0.2, 0) is 16.1 Å². The predicted molar refractivity (Wildman–Crippen MR) is 126 cm³/mol. The molecular formula is C25H21N3O4S. The van der Waals surface area contributed by atoms with Crippen LogP contribution in [0.1, 0.15) is 40.1 Å². The molecule has 2 aromatic carbocycles. The molecule has 2 aromatic heterocycles. The lowest BCUT2D eigenvalue weighted by atomic mass is 10.1. The lowest BCUT2D eigenvalue weighted by molar-refractivity contribution is -0.121. The number of carbonyl (C=O) groups excluding carboxylic acids is 3. The monoisotopic (exact) mass is 459 g/mol. The van der Waals surface area contributed by atoms with Crippen LogP contribution in [0.25, 0.3) is 10.2 Å². The molecule has 7 nitrogen and oxygen atoms in total. The second-order valence-corrected chi connectivity index (χ2v) is 9.05. The number of amides is 3. The normalized spacial score (nSPS) is 13.8. The van der Waals surface area contributed by atoms with Crippen molar-refractivity contribution in [2.24, 2.45) is 0 Å². The van der Waals surface area contributed by atoms with Crippen molar-refractivity contribution in [2.75, 3.05) is 9.80 Å². The Bertz CT molecular complexity index is 1370. The van der Waals surface area contributed by atoms with Crippen LogP contribution in [0.15, 0.2) is 59.2 Å². The maximum atomic E-state index is 13.7. The van der Waals surface area contributed by atoms with Gasteiger partial charge >= 0.3 is 0 Å². The molecule has 1 aliphatic rings. The quantitative estimate of drug-likeness (QED) is 0.392. The summed E-state index contributed by atoms with van der Waals surface area (Å²) in [6, 6.07) is 14.3. The van der Waals surface area contributed by atoms with Crippen LogP contribution in [-0.4, -0.2) is 22.7 Å². The van der Waals surface area contributed by atoms with Crippen LogP contribution in [0.3, 0.4) is 0 Å². The summed E-state index contributed by atoms with van der Waals surface area (Å²) in [5.41, 5.74) is 3.81. The summed E-state index contributed by atoms with van der Waals surface area (Å²) in [7, 11) is 0. The summed E-state index contributed by atoms with van der Waals surface area (Å²) in [6.45, 7) is 4.25. The van der Waals surface area contributed by atoms with E-state index in [1.54, 1.807) is 47.6 Å². The number of furan rings is 1. The van der Waals surface area contributed by atoms with E-state index in [4.69, 9.17) is 9.40 Å². The average molecular weight is 460 g/mol. The highest BCUT2D eigenvalue weighted by molar-refractivity contribution is 7.22. The number of rotatable bonds is 5. The molecule has 0 spiro atoms. The number of hydrogen-bond donors (Lipinski definition) is 0. The van der Waals surface area contributed by atoms with Crippen molar-refractivity contribution in [3.8, 4) is 0 Å². The zero-order valence-corrected chi connectivity index (χ0v) is 19.0. The molecule has 1 fully saturated rings. The number of nitrogens with zero attached hydrogens (tertiary/aromatic N) is 3. The van der Waals surface area contributed by atoms with Gasteiger partial charge in [-0.2, -0.15) is 0 Å². The summed E-state index contributed by atoms with van der Waals surface area (Å²) >= 11 is 1.45. The highest BCUT2D eigenvalue weighted by Gasteiger charge is 2.31. The van der Waals surface area contributed by atoms with Crippen molar-refractivity contribution in [2.45, 2.75) is 33.2 Å². The molecule has 3 amide bonds. The van der Waals surface area contributed by atoms with E-state index in [-0.39, 0.29) is 37.1 Å². The van der Waals surface area contributed by atoms with Gasteiger partial charge in [-0.25, -0.2) is 4.98 Å². The Morgan fingerprint density at radius 2 is 1.88 bits per heavy atom. The molecule has 0 atom stereocenters.